The molecule has 0 unspecified atom stereocenters. The van der Waals surface area contributed by atoms with Crippen LogP contribution in [0.15, 0.2) is 48.2 Å². The van der Waals surface area contributed by atoms with Crippen LogP contribution in [0, 0.1) is 0 Å². The molecule has 3 rings (SSSR count). The number of carbonyl (C=O) groups excluding carboxylic acids is 1. The van der Waals surface area contributed by atoms with Gasteiger partial charge < -0.3 is 14.8 Å². The third-order valence-corrected chi connectivity index (χ3v) is 4.24. The quantitative estimate of drug-likeness (QED) is 0.654. The van der Waals surface area contributed by atoms with E-state index in [-0.39, 0.29) is 5.91 Å². The number of ether oxygens (including phenoxy) is 2. The van der Waals surface area contributed by atoms with Crippen molar-refractivity contribution in [2.75, 3.05) is 19.1 Å². The summed E-state index contributed by atoms with van der Waals surface area (Å²) in [5.41, 5.74) is 1.75. The van der Waals surface area contributed by atoms with E-state index >= 15 is 0 Å². The average Bonchev–Trinajstić information content (AvgIpc) is 2.90. The van der Waals surface area contributed by atoms with Gasteiger partial charge in [0.15, 0.2) is 5.11 Å². The van der Waals surface area contributed by atoms with Crippen LogP contribution in [0.4, 0.5) is 5.69 Å². The van der Waals surface area contributed by atoms with Crippen LogP contribution in [0.25, 0.3) is 6.08 Å². The van der Waals surface area contributed by atoms with E-state index in [9.17, 15) is 4.79 Å². The van der Waals surface area contributed by atoms with Gasteiger partial charge in [-0.1, -0.05) is 11.6 Å². The zero-order valence-electron chi connectivity index (χ0n) is 13.6. The van der Waals surface area contributed by atoms with Gasteiger partial charge in [0, 0.05) is 16.7 Å². The number of methoxy groups -OCH3 is 2. The van der Waals surface area contributed by atoms with Gasteiger partial charge in [-0.25, -0.2) is 0 Å². The minimum Gasteiger partial charge on any atom is -0.497 e. The Morgan fingerprint density at radius 1 is 1.12 bits per heavy atom. The molecule has 1 heterocycles. The van der Waals surface area contributed by atoms with Crippen molar-refractivity contribution in [1.82, 2.24) is 5.32 Å². The van der Waals surface area contributed by atoms with Crippen molar-refractivity contribution in [2.24, 2.45) is 0 Å². The lowest BCUT2D eigenvalue weighted by Crippen LogP contribution is -2.30. The molecule has 25 heavy (non-hydrogen) atoms. The molecular weight excluding hydrogens is 360 g/mol. The SMILES string of the molecule is COc1ccc(/C=C2\NC(=S)N(c3ccc(Cl)cc3)C2=O)c(OC)c1. The fourth-order valence-corrected chi connectivity index (χ4v) is 2.88. The molecular formula is C18H15ClN2O3S. The number of nitrogens with zero attached hydrogens (tertiary/aromatic N) is 1. The number of benzene rings is 2. The lowest BCUT2D eigenvalue weighted by Gasteiger charge is -2.13. The van der Waals surface area contributed by atoms with Crippen molar-refractivity contribution in [3.8, 4) is 11.5 Å². The molecule has 1 fully saturated rings. The molecule has 128 valence electrons. The number of thiocarbonyl (C=S) groups is 1. The molecule has 0 radical (unpaired) electrons. The zero-order valence-corrected chi connectivity index (χ0v) is 15.1. The second-order valence-corrected chi connectivity index (χ2v) is 6.04. The first-order valence-electron chi connectivity index (χ1n) is 7.38. The molecule has 0 bridgehead atoms. The maximum Gasteiger partial charge on any atom is 0.281 e. The predicted molar refractivity (Wildman–Crippen MR) is 102 cm³/mol. The fourth-order valence-electron chi connectivity index (χ4n) is 2.45. The molecule has 0 aromatic heterocycles. The molecule has 0 aliphatic carbocycles. The van der Waals surface area contributed by atoms with E-state index in [1.54, 1.807) is 56.7 Å². The Morgan fingerprint density at radius 2 is 1.84 bits per heavy atom. The maximum atomic E-state index is 12.7. The minimum atomic E-state index is -0.245. The van der Waals surface area contributed by atoms with Crippen LogP contribution in [0.2, 0.25) is 5.02 Å². The monoisotopic (exact) mass is 374 g/mol. The molecule has 0 spiro atoms. The van der Waals surface area contributed by atoms with Gasteiger partial charge in [0.25, 0.3) is 5.91 Å². The normalized spacial score (nSPS) is 15.5. The summed E-state index contributed by atoms with van der Waals surface area (Å²) in [5, 5.41) is 3.85. The number of hydrogen-bond donors (Lipinski definition) is 1. The Hall–Kier alpha value is -2.57. The Balaban J connectivity index is 1.94. The van der Waals surface area contributed by atoms with E-state index < -0.39 is 0 Å². The van der Waals surface area contributed by atoms with Crippen LogP contribution in [-0.4, -0.2) is 25.2 Å². The predicted octanol–water partition coefficient (Wildman–Crippen LogP) is 3.62. The minimum absolute atomic E-state index is 0.245. The molecule has 5 nitrogen and oxygen atoms in total. The highest BCUT2D eigenvalue weighted by atomic mass is 35.5. The van der Waals surface area contributed by atoms with Gasteiger partial charge in [-0.15, -0.1) is 0 Å². The second kappa shape index (κ2) is 7.13. The van der Waals surface area contributed by atoms with Crippen LogP contribution in [0.1, 0.15) is 5.56 Å². The third kappa shape index (κ3) is 3.45. The molecule has 1 saturated heterocycles. The van der Waals surface area contributed by atoms with Crippen LogP contribution >= 0.6 is 23.8 Å². The van der Waals surface area contributed by atoms with Crippen LogP contribution in [-0.2, 0) is 4.79 Å². The number of hydrogen-bond acceptors (Lipinski definition) is 4. The van der Waals surface area contributed by atoms with Crippen molar-refractivity contribution in [3.05, 3.63) is 58.7 Å². The lowest BCUT2D eigenvalue weighted by atomic mass is 10.1. The smallest absolute Gasteiger partial charge is 0.281 e. The van der Waals surface area contributed by atoms with E-state index in [1.165, 1.54) is 4.90 Å². The Kier molecular flexibility index (Phi) is 4.92. The molecule has 1 aliphatic rings. The summed E-state index contributed by atoms with van der Waals surface area (Å²) in [6.45, 7) is 0. The summed E-state index contributed by atoms with van der Waals surface area (Å²) in [7, 11) is 3.14. The van der Waals surface area contributed by atoms with Crippen molar-refractivity contribution >= 4 is 46.6 Å². The second-order valence-electron chi connectivity index (χ2n) is 5.21. The van der Waals surface area contributed by atoms with Crippen molar-refractivity contribution in [3.63, 3.8) is 0 Å². The van der Waals surface area contributed by atoms with Crippen molar-refractivity contribution < 1.29 is 14.3 Å². The lowest BCUT2D eigenvalue weighted by molar-refractivity contribution is -0.113. The number of nitrogens with one attached hydrogen (secondary N) is 1. The van der Waals surface area contributed by atoms with E-state index in [2.05, 4.69) is 5.32 Å². The Bertz CT molecular complexity index is 865. The largest absolute Gasteiger partial charge is 0.497 e. The Labute approximate surface area is 155 Å². The van der Waals surface area contributed by atoms with Crippen LogP contribution in [0.3, 0.4) is 0 Å². The zero-order chi connectivity index (χ0) is 18.0. The van der Waals surface area contributed by atoms with Crippen LogP contribution in [0.5, 0.6) is 11.5 Å². The van der Waals surface area contributed by atoms with Gasteiger partial charge in [-0.2, -0.15) is 0 Å². The average molecular weight is 375 g/mol. The summed E-state index contributed by atoms with van der Waals surface area (Å²) in [6, 6.07) is 12.3. The summed E-state index contributed by atoms with van der Waals surface area (Å²) < 4.78 is 10.5. The van der Waals surface area contributed by atoms with Crippen LogP contribution < -0.4 is 19.7 Å². The number of amides is 1. The van der Waals surface area contributed by atoms with Gasteiger partial charge in [-0.3, -0.25) is 9.69 Å². The highest BCUT2D eigenvalue weighted by molar-refractivity contribution is 7.80. The van der Waals surface area contributed by atoms with Gasteiger partial charge in [0.2, 0.25) is 0 Å². The fraction of sp³-hybridized carbons (Fsp3) is 0.111. The number of anilines is 1. The van der Waals surface area contributed by atoms with E-state index in [0.717, 1.165) is 5.56 Å². The molecule has 0 atom stereocenters. The summed E-state index contributed by atoms with van der Waals surface area (Å²) in [5.74, 6) is 1.02. The van der Waals surface area contributed by atoms with Crippen molar-refractivity contribution in [2.45, 2.75) is 0 Å². The highest BCUT2D eigenvalue weighted by Gasteiger charge is 2.32. The molecule has 0 saturated carbocycles. The summed E-state index contributed by atoms with van der Waals surface area (Å²) in [6.07, 6.45) is 1.70. The first kappa shape index (κ1) is 17.3. The maximum absolute atomic E-state index is 12.7. The topological polar surface area (TPSA) is 50.8 Å². The van der Waals surface area contributed by atoms with Gasteiger partial charge in [0.1, 0.15) is 17.2 Å². The summed E-state index contributed by atoms with van der Waals surface area (Å²) >= 11 is 11.2. The molecule has 1 N–H and O–H groups in total. The standard InChI is InChI=1S/C18H15ClN2O3S/c1-23-14-8-3-11(16(10-14)24-2)9-15-17(22)21(18(25)20-15)13-6-4-12(19)5-7-13/h3-10H,1-2H3,(H,20,25)/b15-9-. The van der Waals surface area contributed by atoms with Gasteiger partial charge in [0.05, 0.1) is 19.9 Å². The molecule has 2 aromatic carbocycles. The number of carbonyl (C=O) groups is 1. The molecule has 1 amide bonds. The van der Waals surface area contributed by atoms with Gasteiger partial charge >= 0.3 is 0 Å². The third-order valence-electron chi connectivity index (χ3n) is 3.70. The summed E-state index contributed by atoms with van der Waals surface area (Å²) in [4.78, 5) is 14.2. The van der Waals surface area contributed by atoms with Gasteiger partial charge in [-0.05, 0) is 54.7 Å². The Morgan fingerprint density at radius 3 is 2.48 bits per heavy atom. The van der Waals surface area contributed by atoms with E-state index in [4.69, 9.17) is 33.3 Å². The number of halogens is 1. The molecule has 7 heteroatoms. The van der Waals surface area contributed by atoms with Crippen molar-refractivity contribution in [1.29, 1.82) is 0 Å². The first-order valence-corrected chi connectivity index (χ1v) is 8.17. The molecule has 1 aliphatic heterocycles. The highest BCUT2D eigenvalue weighted by Crippen LogP contribution is 2.29. The van der Waals surface area contributed by atoms with E-state index in [1.807, 2.05) is 6.07 Å². The number of rotatable bonds is 4. The molecule has 2 aromatic rings. The first-order chi connectivity index (χ1) is 12.0. The van der Waals surface area contributed by atoms with E-state index in [0.29, 0.717) is 33.0 Å².